The van der Waals surface area contributed by atoms with Gasteiger partial charge in [0.15, 0.2) is 0 Å². The van der Waals surface area contributed by atoms with Crippen LogP contribution in [-0.4, -0.2) is 22.5 Å². The van der Waals surface area contributed by atoms with Gasteiger partial charge in [-0.05, 0) is 31.2 Å². The molecule has 1 rings (SSSR count). The lowest BCUT2D eigenvalue weighted by molar-refractivity contribution is 0.574. The van der Waals surface area contributed by atoms with Gasteiger partial charge in [0.2, 0.25) is 0 Å². The second-order valence-corrected chi connectivity index (χ2v) is 4.94. The standard InChI is InChI=1S/C12H20N2S/c1-4-12(5-2,15-3)10-14-11-8-6-7-9-13-11/h6-9H,4-5,10H2,1-3H3,(H,13,14). The van der Waals surface area contributed by atoms with E-state index in [2.05, 4.69) is 30.4 Å². The molecule has 0 saturated heterocycles. The largest absolute Gasteiger partial charge is 0.369 e. The number of rotatable bonds is 6. The molecule has 0 aliphatic carbocycles. The molecule has 1 aromatic rings. The summed E-state index contributed by atoms with van der Waals surface area (Å²) in [6, 6.07) is 5.96. The van der Waals surface area contributed by atoms with E-state index in [-0.39, 0.29) is 0 Å². The van der Waals surface area contributed by atoms with E-state index in [1.165, 1.54) is 12.8 Å². The van der Waals surface area contributed by atoms with Crippen LogP contribution in [-0.2, 0) is 0 Å². The van der Waals surface area contributed by atoms with E-state index >= 15 is 0 Å². The van der Waals surface area contributed by atoms with Crippen molar-refractivity contribution in [3.63, 3.8) is 0 Å². The first kappa shape index (κ1) is 12.4. The summed E-state index contributed by atoms with van der Waals surface area (Å²) in [5.41, 5.74) is 0. The van der Waals surface area contributed by atoms with Gasteiger partial charge >= 0.3 is 0 Å². The van der Waals surface area contributed by atoms with Crippen LogP contribution in [0, 0.1) is 0 Å². The highest BCUT2D eigenvalue weighted by Crippen LogP contribution is 2.30. The first-order chi connectivity index (χ1) is 7.26. The first-order valence-corrected chi connectivity index (χ1v) is 6.69. The van der Waals surface area contributed by atoms with Crippen LogP contribution in [0.15, 0.2) is 24.4 Å². The number of pyridine rings is 1. The maximum atomic E-state index is 4.26. The predicted molar refractivity (Wildman–Crippen MR) is 69.6 cm³/mol. The third-order valence-electron chi connectivity index (χ3n) is 2.98. The van der Waals surface area contributed by atoms with Crippen LogP contribution < -0.4 is 5.32 Å². The number of nitrogens with one attached hydrogen (secondary N) is 1. The monoisotopic (exact) mass is 224 g/mol. The van der Waals surface area contributed by atoms with Gasteiger partial charge in [0.25, 0.3) is 0 Å². The van der Waals surface area contributed by atoms with Crippen molar-refractivity contribution < 1.29 is 0 Å². The molecule has 0 saturated carbocycles. The van der Waals surface area contributed by atoms with Crippen LogP contribution in [0.1, 0.15) is 26.7 Å². The Morgan fingerprint density at radius 1 is 1.33 bits per heavy atom. The molecule has 0 spiro atoms. The van der Waals surface area contributed by atoms with E-state index in [9.17, 15) is 0 Å². The molecular weight excluding hydrogens is 204 g/mol. The zero-order chi connectivity index (χ0) is 11.1. The Bertz CT molecular complexity index is 262. The summed E-state index contributed by atoms with van der Waals surface area (Å²) < 4.78 is 0.345. The second kappa shape index (κ2) is 6.01. The Hall–Kier alpha value is -0.700. The zero-order valence-corrected chi connectivity index (χ0v) is 10.6. The molecule has 0 unspecified atom stereocenters. The molecule has 0 radical (unpaired) electrons. The van der Waals surface area contributed by atoms with Gasteiger partial charge in [-0.25, -0.2) is 4.98 Å². The summed E-state index contributed by atoms with van der Waals surface area (Å²) >= 11 is 1.95. The number of hydrogen-bond acceptors (Lipinski definition) is 3. The van der Waals surface area contributed by atoms with Crippen molar-refractivity contribution in [2.24, 2.45) is 0 Å². The molecule has 1 N–H and O–H groups in total. The van der Waals surface area contributed by atoms with Crippen molar-refractivity contribution in [2.75, 3.05) is 18.1 Å². The normalized spacial score (nSPS) is 11.4. The fourth-order valence-corrected chi connectivity index (χ4v) is 2.37. The summed E-state index contributed by atoms with van der Waals surface area (Å²) in [6.45, 7) is 5.48. The van der Waals surface area contributed by atoms with E-state index in [0.717, 1.165) is 12.4 Å². The van der Waals surface area contributed by atoms with Crippen LogP contribution in [0.2, 0.25) is 0 Å². The molecule has 1 heterocycles. The minimum atomic E-state index is 0.345. The number of thioether (sulfide) groups is 1. The zero-order valence-electron chi connectivity index (χ0n) is 9.79. The van der Waals surface area contributed by atoms with Gasteiger partial charge in [0, 0.05) is 17.5 Å². The molecule has 2 nitrogen and oxygen atoms in total. The van der Waals surface area contributed by atoms with Gasteiger partial charge in [0.05, 0.1) is 0 Å². The van der Waals surface area contributed by atoms with Crippen LogP contribution in [0.25, 0.3) is 0 Å². The Morgan fingerprint density at radius 2 is 2.07 bits per heavy atom. The fraction of sp³-hybridized carbons (Fsp3) is 0.583. The van der Waals surface area contributed by atoms with Gasteiger partial charge in [-0.1, -0.05) is 19.9 Å². The molecule has 15 heavy (non-hydrogen) atoms. The highest BCUT2D eigenvalue weighted by Gasteiger charge is 2.24. The highest BCUT2D eigenvalue weighted by atomic mass is 32.2. The maximum Gasteiger partial charge on any atom is 0.125 e. The molecule has 0 aromatic carbocycles. The highest BCUT2D eigenvalue weighted by molar-refractivity contribution is 8.00. The lowest BCUT2D eigenvalue weighted by atomic mass is 10.0. The van der Waals surface area contributed by atoms with Crippen molar-refractivity contribution in [3.8, 4) is 0 Å². The minimum Gasteiger partial charge on any atom is -0.369 e. The van der Waals surface area contributed by atoms with Crippen LogP contribution in [0.4, 0.5) is 5.82 Å². The Balaban J connectivity index is 2.54. The van der Waals surface area contributed by atoms with Gasteiger partial charge in [-0.3, -0.25) is 0 Å². The molecule has 0 bridgehead atoms. The average molecular weight is 224 g/mol. The quantitative estimate of drug-likeness (QED) is 0.801. The lowest BCUT2D eigenvalue weighted by Crippen LogP contribution is -2.32. The minimum absolute atomic E-state index is 0.345. The van der Waals surface area contributed by atoms with Gasteiger partial charge in [-0.15, -0.1) is 0 Å². The Morgan fingerprint density at radius 3 is 2.53 bits per heavy atom. The SMILES string of the molecule is CCC(CC)(CNc1ccccn1)SC. The molecular formula is C12H20N2S. The number of hydrogen-bond donors (Lipinski definition) is 1. The summed E-state index contributed by atoms with van der Waals surface area (Å²) in [5.74, 6) is 0.970. The number of aromatic nitrogens is 1. The van der Waals surface area contributed by atoms with Crippen molar-refractivity contribution in [3.05, 3.63) is 24.4 Å². The Kier molecular flexibility index (Phi) is 4.95. The fourth-order valence-electron chi connectivity index (χ4n) is 1.58. The second-order valence-electron chi connectivity index (χ2n) is 3.66. The van der Waals surface area contributed by atoms with Crippen molar-refractivity contribution in [2.45, 2.75) is 31.4 Å². The summed E-state index contributed by atoms with van der Waals surface area (Å²) in [7, 11) is 0. The smallest absolute Gasteiger partial charge is 0.125 e. The molecule has 84 valence electrons. The van der Waals surface area contributed by atoms with Crippen LogP contribution in [0.3, 0.4) is 0 Å². The van der Waals surface area contributed by atoms with E-state index in [4.69, 9.17) is 0 Å². The van der Waals surface area contributed by atoms with E-state index < -0.39 is 0 Å². The van der Waals surface area contributed by atoms with Gasteiger partial charge < -0.3 is 5.32 Å². The van der Waals surface area contributed by atoms with E-state index in [1.54, 1.807) is 0 Å². The number of nitrogens with zero attached hydrogens (tertiary/aromatic N) is 1. The molecule has 0 atom stereocenters. The summed E-state index contributed by atoms with van der Waals surface area (Å²) in [6.07, 6.45) is 6.38. The van der Waals surface area contributed by atoms with Gasteiger partial charge in [-0.2, -0.15) is 11.8 Å². The van der Waals surface area contributed by atoms with E-state index in [1.807, 2.05) is 36.2 Å². The van der Waals surface area contributed by atoms with E-state index in [0.29, 0.717) is 4.75 Å². The summed E-state index contributed by atoms with van der Waals surface area (Å²) in [5, 5.41) is 3.41. The average Bonchev–Trinajstić information content (AvgIpc) is 2.33. The summed E-state index contributed by atoms with van der Waals surface area (Å²) in [4.78, 5) is 4.26. The Labute approximate surface area is 96.9 Å². The maximum absolute atomic E-state index is 4.26. The van der Waals surface area contributed by atoms with Crippen LogP contribution in [0.5, 0.6) is 0 Å². The molecule has 1 aromatic heterocycles. The van der Waals surface area contributed by atoms with Crippen molar-refractivity contribution in [1.29, 1.82) is 0 Å². The molecule has 0 aliphatic rings. The molecule has 0 aliphatic heterocycles. The lowest BCUT2D eigenvalue weighted by Gasteiger charge is -2.30. The van der Waals surface area contributed by atoms with Crippen molar-refractivity contribution in [1.82, 2.24) is 4.98 Å². The molecule has 0 amide bonds. The predicted octanol–water partition coefficient (Wildman–Crippen LogP) is 3.42. The van der Waals surface area contributed by atoms with Crippen LogP contribution >= 0.6 is 11.8 Å². The number of anilines is 1. The topological polar surface area (TPSA) is 24.9 Å². The third kappa shape index (κ3) is 3.42. The third-order valence-corrected chi connectivity index (χ3v) is 4.57. The van der Waals surface area contributed by atoms with Crippen molar-refractivity contribution >= 4 is 17.6 Å². The van der Waals surface area contributed by atoms with Gasteiger partial charge in [0.1, 0.15) is 5.82 Å². The molecule has 0 fully saturated rings. The first-order valence-electron chi connectivity index (χ1n) is 5.46. The molecule has 3 heteroatoms.